The first-order valence-corrected chi connectivity index (χ1v) is 12.6. The zero-order chi connectivity index (χ0) is 21.6. The number of carbonyl (C=O) groups excluding carboxylic acids is 1. The Hall–Kier alpha value is -1.91. The molecule has 2 aliphatic rings. The number of hydrogen-bond acceptors (Lipinski definition) is 8. The maximum absolute atomic E-state index is 12.7. The molecule has 10 heteroatoms. The first-order valence-electron chi connectivity index (χ1n) is 10.8. The molecule has 0 aliphatic carbocycles. The van der Waals surface area contributed by atoms with Crippen molar-refractivity contribution < 1.29 is 14.3 Å². The van der Waals surface area contributed by atoms with Crippen molar-refractivity contribution in [2.75, 3.05) is 25.4 Å². The average Bonchev–Trinajstić information content (AvgIpc) is 3.33. The number of thioether (sulfide) groups is 1. The molecule has 0 unspecified atom stereocenters. The van der Waals surface area contributed by atoms with E-state index in [1.807, 2.05) is 16.2 Å². The molecule has 1 amide bonds. The van der Waals surface area contributed by atoms with E-state index in [0.29, 0.717) is 30.1 Å². The van der Waals surface area contributed by atoms with Gasteiger partial charge in [0.2, 0.25) is 5.91 Å². The van der Waals surface area contributed by atoms with Gasteiger partial charge in [0.25, 0.3) is 0 Å². The van der Waals surface area contributed by atoms with E-state index in [2.05, 4.69) is 24.0 Å². The van der Waals surface area contributed by atoms with E-state index in [9.17, 15) is 4.79 Å². The van der Waals surface area contributed by atoms with Crippen LogP contribution in [0.15, 0.2) is 5.16 Å². The van der Waals surface area contributed by atoms with Crippen LogP contribution in [-0.4, -0.2) is 61.4 Å². The van der Waals surface area contributed by atoms with Gasteiger partial charge in [-0.2, -0.15) is 4.98 Å². The molecule has 31 heavy (non-hydrogen) atoms. The van der Waals surface area contributed by atoms with Crippen molar-refractivity contribution in [3.8, 4) is 6.01 Å². The largest absolute Gasteiger partial charge is 0.465 e. The van der Waals surface area contributed by atoms with Gasteiger partial charge in [-0.1, -0.05) is 11.8 Å². The Morgan fingerprint density at radius 3 is 2.84 bits per heavy atom. The summed E-state index contributed by atoms with van der Waals surface area (Å²) in [6.45, 7) is 8.93. The van der Waals surface area contributed by atoms with Gasteiger partial charge in [-0.05, 0) is 45.6 Å². The first kappa shape index (κ1) is 21.0. The van der Waals surface area contributed by atoms with Crippen LogP contribution in [0.4, 0.5) is 0 Å². The van der Waals surface area contributed by atoms with E-state index in [4.69, 9.17) is 14.5 Å². The van der Waals surface area contributed by atoms with Gasteiger partial charge in [0.05, 0.1) is 30.0 Å². The minimum Gasteiger partial charge on any atom is -0.465 e. The summed E-state index contributed by atoms with van der Waals surface area (Å²) >= 11 is 3.04. The normalized spacial score (nSPS) is 18.5. The lowest BCUT2D eigenvalue weighted by Crippen LogP contribution is -2.36. The zero-order valence-corrected chi connectivity index (χ0v) is 19.8. The summed E-state index contributed by atoms with van der Waals surface area (Å²) in [4.78, 5) is 21.5. The number of amides is 1. The van der Waals surface area contributed by atoms with Crippen molar-refractivity contribution in [3.05, 3.63) is 10.4 Å². The molecule has 0 aromatic carbocycles. The molecule has 0 N–H and O–H groups in total. The van der Waals surface area contributed by atoms with Gasteiger partial charge in [0.15, 0.2) is 10.8 Å². The molecule has 0 radical (unpaired) electrons. The second kappa shape index (κ2) is 8.22. The summed E-state index contributed by atoms with van der Waals surface area (Å²) in [6.07, 6.45) is 4.18. The number of piperidine rings is 1. The fourth-order valence-electron chi connectivity index (χ4n) is 4.27. The molecule has 2 aliphatic heterocycles. The molecular weight excluding hydrogens is 434 g/mol. The summed E-state index contributed by atoms with van der Waals surface area (Å²) in [5.41, 5.74) is 1.76. The van der Waals surface area contributed by atoms with Gasteiger partial charge in [0.1, 0.15) is 4.83 Å². The van der Waals surface area contributed by atoms with Crippen molar-refractivity contribution in [1.82, 2.24) is 24.5 Å². The van der Waals surface area contributed by atoms with E-state index in [1.54, 1.807) is 11.3 Å². The Morgan fingerprint density at radius 1 is 1.26 bits per heavy atom. The van der Waals surface area contributed by atoms with Crippen molar-refractivity contribution >= 4 is 44.9 Å². The fraction of sp³-hybridized carbons (Fsp3) is 0.619. The maximum Gasteiger partial charge on any atom is 0.305 e. The van der Waals surface area contributed by atoms with Crippen LogP contribution in [0.25, 0.3) is 15.9 Å². The number of carbonyl (C=O) groups is 1. The average molecular weight is 462 g/mol. The third-order valence-electron chi connectivity index (χ3n) is 5.82. The predicted molar refractivity (Wildman–Crippen MR) is 121 cm³/mol. The van der Waals surface area contributed by atoms with E-state index >= 15 is 0 Å². The van der Waals surface area contributed by atoms with Crippen LogP contribution >= 0.6 is 23.1 Å². The van der Waals surface area contributed by atoms with Crippen LogP contribution in [0.1, 0.15) is 50.5 Å². The number of thiophene rings is 1. The summed E-state index contributed by atoms with van der Waals surface area (Å²) in [5, 5.41) is 10.6. The lowest BCUT2D eigenvalue weighted by molar-refractivity contribution is -0.129. The maximum atomic E-state index is 12.7. The quantitative estimate of drug-likeness (QED) is 0.536. The molecule has 3 aromatic rings. The van der Waals surface area contributed by atoms with Crippen molar-refractivity contribution in [2.45, 2.75) is 63.8 Å². The summed E-state index contributed by atoms with van der Waals surface area (Å²) in [6, 6.07) is 0.474. The van der Waals surface area contributed by atoms with Crippen LogP contribution in [-0.2, 0) is 22.6 Å². The van der Waals surface area contributed by atoms with E-state index in [0.717, 1.165) is 48.2 Å². The van der Waals surface area contributed by atoms with E-state index < -0.39 is 0 Å². The fourth-order valence-corrected chi connectivity index (χ4v) is 6.19. The van der Waals surface area contributed by atoms with Gasteiger partial charge in [-0.3, -0.25) is 4.79 Å². The number of fused-ring (bicyclic) bond motifs is 5. The summed E-state index contributed by atoms with van der Waals surface area (Å²) in [7, 11) is 0. The second-order valence-corrected chi connectivity index (χ2v) is 10.6. The third-order valence-corrected chi connectivity index (χ3v) is 7.83. The number of rotatable bonds is 5. The molecule has 5 heterocycles. The zero-order valence-electron chi connectivity index (χ0n) is 18.1. The molecule has 1 saturated heterocycles. The Kier molecular flexibility index (Phi) is 5.56. The number of aromatic nitrogens is 4. The molecule has 1 fully saturated rings. The second-order valence-electron chi connectivity index (χ2n) is 8.61. The van der Waals surface area contributed by atoms with Gasteiger partial charge in [-0.25, -0.2) is 4.40 Å². The highest BCUT2D eigenvalue weighted by Gasteiger charge is 2.32. The molecule has 0 saturated carbocycles. The molecule has 3 aromatic heterocycles. The smallest absolute Gasteiger partial charge is 0.305 e. The SMILES string of the molecule is CCOc1nc2sc3c(c2c2nnc(SCC(=O)N4CCCCC4)n12)CC(C)(C)OC3. The van der Waals surface area contributed by atoms with Gasteiger partial charge in [0, 0.05) is 24.4 Å². The Morgan fingerprint density at radius 2 is 2.06 bits per heavy atom. The Balaban J connectivity index is 1.53. The molecule has 8 nitrogen and oxygen atoms in total. The minimum absolute atomic E-state index is 0.153. The highest BCUT2D eigenvalue weighted by atomic mass is 32.2. The van der Waals surface area contributed by atoms with Gasteiger partial charge >= 0.3 is 6.01 Å². The van der Waals surface area contributed by atoms with Gasteiger partial charge in [-0.15, -0.1) is 21.5 Å². The number of likely N-dealkylation sites (tertiary alicyclic amines) is 1. The van der Waals surface area contributed by atoms with Gasteiger partial charge < -0.3 is 14.4 Å². The first-order chi connectivity index (χ1) is 15.0. The lowest BCUT2D eigenvalue weighted by atomic mass is 9.94. The number of hydrogen-bond donors (Lipinski definition) is 0. The molecule has 166 valence electrons. The summed E-state index contributed by atoms with van der Waals surface area (Å²) < 4.78 is 13.7. The van der Waals surface area contributed by atoms with Crippen molar-refractivity contribution in [1.29, 1.82) is 0 Å². The monoisotopic (exact) mass is 461 g/mol. The van der Waals surface area contributed by atoms with Crippen LogP contribution in [0, 0.1) is 0 Å². The molecular formula is C21H27N5O3S2. The molecule has 5 rings (SSSR count). The summed E-state index contributed by atoms with van der Waals surface area (Å²) in [5.74, 6) is 0.493. The van der Waals surface area contributed by atoms with Crippen molar-refractivity contribution in [2.24, 2.45) is 0 Å². The van der Waals surface area contributed by atoms with Crippen LogP contribution in [0.2, 0.25) is 0 Å². The van der Waals surface area contributed by atoms with Crippen LogP contribution in [0.5, 0.6) is 6.01 Å². The highest BCUT2D eigenvalue weighted by molar-refractivity contribution is 7.99. The topological polar surface area (TPSA) is 81.8 Å². The van der Waals surface area contributed by atoms with Crippen LogP contribution in [0.3, 0.4) is 0 Å². The van der Waals surface area contributed by atoms with Crippen LogP contribution < -0.4 is 4.74 Å². The Labute approximate surface area is 189 Å². The number of nitrogens with zero attached hydrogens (tertiary/aromatic N) is 5. The van der Waals surface area contributed by atoms with Crippen molar-refractivity contribution in [3.63, 3.8) is 0 Å². The van der Waals surface area contributed by atoms with E-state index in [-0.39, 0.29) is 11.5 Å². The third kappa shape index (κ3) is 3.89. The molecule has 0 atom stereocenters. The standard InChI is InChI=1S/C21H27N5O3S2/c1-4-28-19-22-18-16(13-10-21(2,3)29-11-14(13)31-18)17-23-24-20(26(17)19)30-12-15(27)25-8-6-5-7-9-25/h4-12H2,1-3H3. The lowest BCUT2D eigenvalue weighted by Gasteiger charge is -2.30. The predicted octanol–water partition coefficient (Wildman–Crippen LogP) is 3.69. The minimum atomic E-state index is -0.227. The number of ether oxygens (including phenoxy) is 2. The highest BCUT2D eigenvalue weighted by Crippen LogP contribution is 2.41. The van der Waals surface area contributed by atoms with E-state index in [1.165, 1.54) is 28.6 Å². The molecule has 0 bridgehead atoms. The Bertz CT molecular complexity index is 1130. The molecule has 0 spiro atoms.